The number of halogens is 2. The molecule has 0 unspecified atom stereocenters. The zero-order valence-corrected chi connectivity index (χ0v) is 10.9. The van der Waals surface area contributed by atoms with Crippen LogP contribution in [0.15, 0.2) is 4.47 Å². The largest absolute Gasteiger partial charge is 0.494 e. The second-order valence-corrected chi connectivity index (χ2v) is 4.75. The molecule has 7 heteroatoms. The van der Waals surface area contributed by atoms with Crippen molar-refractivity contribution in [3.05, 3.63) is 10.3 Å². The van der Waals surface area contributed by atoms with E-state index in [9.17, 15) is 4.39 Å². The van der Waals surface area contributed by atoms with Gasteiger partial charge in [0.1, 0.15) is 14.7 Å². The highest BCUT2D eigenvalue weighted by atomic mass is 79.9. The van der Waals surface area contributed by atoms with E-state index < -0.39 is 5.82 Å². The third-order valence-corrected chi connectivity index (χ3v) is 3.67. The number of nitrogen functional groups attached to an aromatic ring is 1. The third-order valence-electron chi connectivity index (χ3n) is 2.06. The number of anilines is 1. The van der Waals surface area contributed by atoms with Crippen molar-refractivity contribution < 1.29 is 13.9 Å². The number of hydrogen-bond acceptors (Lipinski definition) is 5. The minimum atomic E-state index is -0.543. The SMILES string of the molecule is COc1c(Br)c(OC)c2sc(N)nc2c1F. The van der Waals surface area contributed by atoms with Gasteiger partial charge in [0.2, 0.25) is 0 Å². The lowest BCUT2D eigenvalue weighted by molar-refractivity contribution is 0.374. The summed E-state index contributed by atoms with van der Waals surface area (Å²) < 4.78 is 25.1. The maximum atomic E-state index is 13.9. The summed E-state index contributed by atoms with van der Waals surface area (Å²) in [6.07, 6.45) is 0. The third kappa shape index (κ3) is 1.51. The summed E-state index contributed by atoms with van der Waals surface area (Å²) in [5.74, 6) is -0.00442. The van der Waals surface area contributed by atoms with Crippen molar-refractivity contribution in [2.24, 2.45) is 0 Å². The fourth-order valence-electron chi connectivity index (χ4n) is 1.41. The van der Waals surface area contributed by atoms with Gasteiger partial charge in [-0.1, -0.05) is 11.3 Å². The Morgan fingerprint density at radius 2 is 1.94 bits per heavy atom. The highest BCUT2D eigenvalue weighted by molar-refractivity contribution is 9.10. The first-order chi connectivity index (χ1) is 7.60. The molecule has 0 fully saturated rings. The summed E-state index contributed by atoms with van der Waals surface area (Å²) in [6.45, 7) is 0. The fourth-order valence-corrected chi connectivity index (χ4v) is 3.09. The fraction of sp³-hybridized carbons (Fsp3) is 0.222. The van der Waals surface area contributed by atoms with Gasteiger partial charge in [0.15, 0.2) is 22.4 Å². The summed E-state index contributed by atoms with van der Waals surface area (Å²) in [7, 11) is 2.87. The Morgan fingerprint density at radius 3 is 2.50 bits per heavy atom. The van der Waals surface area contributed by atoms with Crippen LogP contribution in [0.5, 0.6) is 11.5 Å². The van der Waals surface area contributed by atoms with E-state index >= 15 is 0 Å². The van der Waals surface area contributed by atoms with Gasteiger partial charge < -0.3 is 15.2 Å². The number of thiazole rings is 1. The number of benzene rings is 1. The molecule has 0 aliphatic rings. The topological polar surface area (TPSA) is 57.4 Å². The molecule has 0 aliphatic carbocycles. The zero-order chi connectivity index (χ0) is 11.9. The first-order valence-corrected chi connectivity index (χ1v) is 5.86. The van der Waals surface area contributed by atoms with Gasteiger partial charge in [-0.25, -0.2) is 9.37 Å². The Kier molecular flexibility index (Phi) is 2.90. The Morgan fingerprint density at radius 1 is 1.31 bits per heavy atom. The molecule has 0 radical (unpaired) electrons. The van der Waals surface area contributed by atoms with Crippen LogP contribution in [0.2, 0.25) is 0 Å². The van der Waals surface area contributed by atoms with Crippen molar-refractivity contribution in [3.63, 3.8) is 0 Å². The van der Waals surface area contributed by atoms with Crippen LogP contribution in [0.1, 0.15) is 0 Å². The highest BCUT2D eigenvalue weighted by Crippen LogP contribution is 2.45. The molecule has 2 aromatic rings. The summed E-state index contributed by atoms with van der Waals surface area (Å²) in [4.78, 5) is 3.91. The molecule has 0 atom stereocenters. The van der Waals surface area contributed by atoms with E-state index in [2.05, 4.69) is 20.9 Å². The van der Waals surface area contributed by atoms with Gasteiger partial charge in [0.05, 0.1) is 14.2 Å². The van der Waals surface area contributed by atoms with Crippen molar-refractivity contribution in [3.8, 4) is 11.5 Å². The lowest BCUT2D eigenvalue weighted by atomic mass is 10.3. The van der Waals surface area contributed by atoms with E-state index in [4.69, 9.17) is 15.2 Å². The highest BCUT2D eigenvalue weighted by Gasteiger charge is 2.22. The molecule has 1 aromatic carbocycles. The van der Waals surface area contributed by atoms with Crippen LogP contribution < -0.4 is 15.2 Å². The predicted molar refractivity (Wildman–Crippen MR) is 64.8 cm³/mol. The molecule has 0 aliphatic heterocycles. The number of ether oxygens (including phenoxy) is 2. The van der Waals surface area contributed by atoms with Gasteiger partial charge in [-0.15, -0.1) is 0 Å². The van der Waals surface area contributed by atoms with E-state index in [1.165, 1.54) is 25.6 Å². The van der Waals surface area contributed by atoms with E-state index in [1.807, 2.05) is 0 Å². The molecule has 86 valence electrons. The van der Waals surface area contributed by atoms with Gasteiger partial charge in [0.25, 0.3) is 0 Å². The number of nitrogens with zero attached hydrogens (tertiary/aromatic N) is 1. The molecule has 2 rings (SSSR count). The Balaban J connectivity index is 2.93. The van der Waals surface area contributed by atoms with Crippen LogP contribution in [0.4, 0.5) is 9.52 Å². The normalized spacial score (nSPS) is 10.8. The van der Waals surface area contributed by atoms with Crippen LogP contribution in [-0.4, -0.2) is 19.2 Å². The molecule has 0 saturated heterocycles. The first-order valence-electron chi connectivity index (χ1n) is 4.25. The smallest absolute Gasteiger partial charge is 0.193 e. The summed E-state index contributed by atoms with van der Waals surface area (Å²) in [5, 5.41) is 0.285. The Hall–Kier alpha value is -1.08. The quantitative estimate of drug-likeness (QED) is 0.927. The molecule has 0 bridgehead atoms. The molecule has 2 N–H and O–H groups in total. The molecule has 16 heavy (non-hydrogen) atoms. The maximum Gasteiger partial charge on any atom is 0.193 e. The second-order valence-electron chi connectivity index (χ2n) is 2.92. The van der Waals surface area contributed by atoms with Crippen molar-refractivity contribution in [2.45, 2.75) is 0 Å². The summed E-state index contributed by atoms with van der Waals surface area (Å²) in [6, 6.07) is 0. The van der Waals surface area contributed by atoms with Crippen molar-refractivity contribution >= 4 is 42.6 Å². The van der Waals surface area contributed by atoms with Crippen LogP contribution in [-0.2, 0) is 0 Å². The van der Waals surface area contributed by atoms with Crippen molar-refractivity contribution in [1.29, 1.82) is 0 Å². The van der Waals surface area contributed by atoms with Gasteiger partial charge in [-0.05, 0) is 15.9 Å². The summed E-state index contributed by atoms with van der Waals surface area (Å²) in [5.41, 5.74) is 5.72. The number of nitrogens with two attached hydrogens (primary N) is 1. The number of hydrogen-bond donors (Lipinski definition) is 1. The van der Waals surface area contributed by atoms with Gasteiger partial charge in [-0.3, -0.25) is 0 Å². The minimum Gasteiger partial charge on any atom is -0.494 e. The average molecular weight is 307 g/mol. The minimum absolute atomic E-state index is 0.0645. The van der Waals surface area contributed by atoms with E-state index in [0.717, 1.165) is 0 Å². The second kappa shape index (κ2) is 4.06. The molecular weight excluding hydrogens is 299 g/mol. The number of rotatable bonds is 2. The van der Waals surface area contributed by atoms with Gasteiger partial charge in [0, 0.05) is 0 Å². The lowest BCUT2D eigenvalue weighted by Gasteiger charge is -2.09. The molecule has 0 spiro atoms. The number of fused-ring (bicyclic) bond motifs is 1. The van der Waals surface area contributed by atoms with E-state index in [0.29, 0.717) is 14.9 Å². The lowest BCUT2D eigenvalue weighted by Crippen LogP contribution is -1.94. The van der Waals surface area contributed by atoms with Crippen LogP contribution in [0.3, 0.4) is 0 Å². The van der Waals surface area contributed by atoms with E-state index in [1.54, 1.807) is 0 Å². The molecule has 4 nitrogen and oxygen atoms in total. The summed E-state index contributed by atoms with van der Waals surface area (Å²) >= 11 is 4.40. The van der Waals surface area contributed by atoms with Crippen LogP contribution in [0, 0.1) is 5.82 Å². The van der Waals surface area contributed by atoms with Crippen LogP contribution >= 0.6 is 27.3 Å². The van der Waals surface area contributed by atoms with Crippen molar-refractivity contribution in [1.82, 2.24) is 4.98 Å². The Labute approximate surface area is 103 Å². The number of methoxy groups -OCH3 is 2. The maximum absolute atomic E-state index is 13.9. The monoisotopic (exact) mass is 306 g/mol. The zero-order valence-electron chi connectivity index (χ0n) is 8.51. The molecule has 1 aromatic heterocycles. The Bertz CT molecular complexity index is 558. The first kappa shape index (κ1) is 11.4. The molecule has 0 amide bonds. The van der Waals surface area contributed by atoms with Crippen LogP contribution in [0.25, 0.3) is 10.2 Å². The predicted octanol–water partition coefficient (Wildman–Crippen LogP) is 2.80. The molecule has 1 heterocycles. The molecule has 0 saturated carbocycles. The average Bonchev–Trinajstić information content (AvgIpc) is 2.62. The van der Waals surface area contributed by atoms with Gasteiger partial charge >= 0.3 is 0 Å². The van der Waals surface area contributed by atoms with Crippen molar-refractivity contribution in [2.75, 3.05) is 20.0 Å². The van der Waals surface area contributed by atoms with E-state index in [-0.39, 0.29) is 16.4 Å². The number of aromatic nitrogens is 1. The standard InChI is InChI=1S/C9H8BrFN2O2S/c1-14-6-3(10)7(15-2)8-5(4(6)11)13-9(12)16-8/h1-2H3,(H2,12,13). The molecular formula is C9H8BrFN2O2S. The van der Waals surface area contributed by atoms with Gasteiger partial charge in [-0.2, -0.15) is 0 Å².